The largest absolute Gasteiger partial charge is 0.339 e. The van der Waals surface area contributed by atoms with E-state index in [4.69, 9.17) is 0 Å². The van der Waals surface area contributed by atoms with Crippen molar-refractivity contribution in [3.8, 4) is 0 Å². The molecule has 1 aromatic heterocycles. The SMILES string of the molecule is Cc1cccc(CN2CCN(C(=O)CSc3nnnn3C(C)C)CC2)c1. The maximum Gasteiger partial charge on any atom is 0.233 e. The summed E-state index contributed by atoms with van der Waals surface area (Å²) in [5.74, 6) is 0.536. The van der Waals surface area contributed by atoms with Crippen LogP contribution in [0.25, 0.3) is 0 Å². The van der Waals surface area contributed by atoms with Crippen molar-refractivity contribution in [1.29, 1.82) is 0 Å². The third-order valence-corrected chi connectivity index (χ3v) is 5.41. The summed E-state index contributed by atoms with van der Waals surface area (Å²) < 4.78 is 1.75. The van der Waals surface area contributed by atoms with Gasteiger partial charge in [0.25, 0.3) is 0 Å². The molecule has 0 bridgehead atoms. The Balaban J connectivity index is 1.45. The lowest BCUT2D eigenvalue weighted by Gasteiger charge is -2.34. The van der Waals surface area contributed by atoms with Gasteiger partial charge in [-0.2, -0.15) is 0 Å². The Morgan fingerprint density at radius 3 is 2.69 bits per heavy atom. The van der Waals surface area contributed by atoms with Gasteiger partial charge in [-0.3, -0.25) is 9.69 Å². The summed E-state index contributed by atoms with van der Waals surface area (Å²) in [7, 11) is 0. The fraction of sp³-hybridized carbons (Fsp3) is 0.556. The lowest BCUT2D eigenvalue weighted by molar-refractivity contribution is -0.130. The first kappa shape index (κ1) is 18.8. The number of aromatic nitrogens is 4. The third kappa shape index (κ3) is 4.82. The molecule has 0 radical (unpaired) electrons. The molecule has 1 saturated heterocycles. The average Bonchev–Trinajstić information content (AvgIpc) is 3.09. The number of benzene rings is 1. The molecule has 0 N–H and O–H groups in total. The second-order valence-electron chi connectivity index (χ2n) is 6.93. The van der Waals surface area contributed by atoms with Crippen molar-refractivity contribution in [2.24, 2.45) is 0 Å². The Hall–Kier alpha value is -1.93. The van der Waals surface area contributed by atoms with Crippen molar-refractivity contribution in [3.63, 3.8) is 0 Å². The number of tetrazole rings is 1. The van der Waals surface area contributed by atoms with Gasteiger partial charge in [-0.1, -0.05) is 41.6 Å². The van der Waals surface area contributed by atoms with Crippen LogP contribution in [0.5, 0.6) is 0 Å². The van der Waals surface area contributed by atoms with Crippen LogP contribution < -0.4 is 0 Å². The standard InChI is InChI=1S/C18H26N6OS/c1-14(2)24-18(19-20-21-24)26-13-17(25)23-9-7-22(8-10-23)12-16-6-4-5-15(3)11-16/h4-6,11,14H,7-10,12-13H2,1-3H3. The lowest BCUT2D eigenvalue weighted by atomic mass is 10.1. The number of piperazine rings is 1. The molecule has 0 unspecified atom stereocenters. The second kappa shape index (κ2) is 8.64. The average molecular weight is 375 g/mol. The number of rotatable bonds is 6. The van der Waals surface area contributed by atoms with Crippen molar-refractivity contribution >= 4 is 17.7 Å². The topological polar surface area (TPSA) is 67.2 Å². The Morgan fingerprint density at radius 2 is 2.00 bits per heavy atom. The van der Waals surface area contributed by atoms with Crippen LogP contribution in [0.15, 0.2) is 29.4 Å². The molecule has 0 atom stereocenters. The van der Waals surface area contributed by atoms with Crippen molar-refractivity contribution in [1.82, 2.24) is 30.0 Å². The fourth-order valence-corrected chi connectivity index (χ4v) is 3.96. The van der Waals surface area contributed by atoms with Crippen LogP contribution in [-0.2, 0) is 11.3 Å². The van der Waals surface area contributed by atoms with Gasteiger partial charge in [-0.15, -0.1) is 5.10 Å². The molecule has 2 heterocycles. The molecule has 0 saturated carbocycles. The Bertz CT molecular complexity index is 739. The maximum absolute atomic E-state index is 12.5. The van der Waals surface area contributed by atoms with E-state index in [-0.39, 0.29) is 11.9 Å². The molecule has 7 nitrogen and oxygen atoms in total. The molecule has 1 aromatic carbocycles. The van der Waals surface area contributed by atoms with Crippen LogP contribution >= 0.6 is 11.8 Å². The quantitative estimate of drug-likeness (QED) is 0.721. The number of aryl methyl sites for hydroxylation is 1. The molecular formula is C18H26N6OS. The van der Waals surface area contributed by atoms with Crippen molar-refractivity contribution < 1.29 is 4.79 Å². The number of hydrogen-bond acceptors (Lipinski definition) is 6. The highest BCUT2D eigenvalue weighted by Crippen LogP contribution is 2.18. The number of hydrogen-bond donors (Lipinski definition) is 0. The molecule has 1 fully saturated rings. The summed E-state index contributed by atoms with van der Waals surface area (Å²) in [6.07, 6.45) is 0. The summed E-state index contributed by atoms with van der Waals surface area (Å²) in [5, 5.41) is 12.4. The van der Waals surface area contributed by atoms with Crippen molar-refractivity contribution in [3.05, 3.63) is 35.4 Å². The first-order chi connectivity index (χ1) is 12.5. The fourth-order valence-electron chi connectivity index (χ4n) is 3.05. The number of carbonyl (C=O) groups excluding carboxylic acids is 1. The monoisotopic (exact) mass is 374 g/mol. The summed E-state index contributed by atoms with van der Waals surface area (Å²) in [5.41, 5.74) is 2.62. The summed E-state index contributed by atoms with van der Waals surface area (Å²) in [6.45, 7) is 10.5. The van der Waals surface area contributed by atoms with Gasteiger partial charge in [-0.05, 0) is 36.8 Å². The third-order valence-electron chi connectivity index (χ3n) is 4.49. The van der Waals surface area contributed by atoms with E-state index in [0.29, 0.717) is 10.9 Å². The molecule has 0 aliphatic carbocycles. The van der Waals surface area contributed by atoms with Crippen LogP contribution in [0.1, 0.15) is 31.0 Å². The second-order valence-corrected chi connectivity index (χ2v) is 7.88. The number of thioether (sulfide) groups is 1. The molecule has 0 spiro atoms. The zero-order valence-corrected chi connectivity index (χ0v) is 16.4. The number of nitrogens with zero attached hydrogens (tertiary/aromatic N) is 6. The maximum atomic E-state index is 12.5. The predicted octanol–water partition coefficient (Wildman–Crippen LogP) is 2.00. The van der Waals surface area contributed by atoms with Crippen LogP contribution in [0.4, 0.5) is 0 Å². The van der Waals surface area contributed by atoms with E-state index in [1.807, 2.05) is 18.7 Å². The molecule has 3 rings (SSSR count). The van der Waals surface area contributed by atoms with E-state index < -0.39 is 0 Å². The Kier molecular flexibility index (Phi) is 6.26. The molecule has 140 valence electrons. The highest BCUT2D eigenvalue weighted by molar-refractivity contribution is 7.99. The van der Waals surface area contributed by atoms with Gasteiger partial charge in [0.05, 0.1) is 11.8 Å². The molecule has 1 aliphatic rings. The minimum Gasteiger partial charge on any atom is -0.339 e. The van der Waals surface area contributed by atoms with Gasteiger partial charge < -0.3 is 4.90 Å². The van der Waals surface area contributed by atoms with Gasteiger partial charge in [0.2, 0.25) is 11.1 Å². The Morgan fingerprint density at radius 1 is 1.23 bits per heavy atom. The van der Waals surface area contributed by atoms with Crippen LogP contribution in [0, 0.1) is 6.92 Å². The highest BCUT2D eigenvalue weighted by Gasteiger charge is 2.22. The summed E-state index contributed by atoms with van der Waals surface area (Å²) in [4.78, 5) is 16.8. The van der Waals surface area contributed by atoms with Crippen LogP contribution in [0.2, 0.25) is 0 Å². The summed E-state index contributed by atoms with van der Waals surface area (Å²) >= 11 is 1.41. The number of amides is 1. The van der Waals surface area contributed by atoms with Crippen LogP contribution in [0.3, 0.4) is 0 Å². The van der Waals surface area contributed by atoms with E-state index in [2.05, 4.69) is 51.6 Å². The van der Waals surface area contributed by atoms with E-state index in [1.54, 1.807) is 4.68 Å². The van der Waals surface area contributed by atoms with E-state index in [1.165, 1.54) is 22.9 Å². The lowest BCUT2D eigenvalue weighted by Crippen LogP contribution is -2.48. The van der Waals surface area contributed by atoms with Gasteiger partial charge in [0.1, 0.15) is 0 Å². The molecule has 1 aliphatic heterocycles. The van der Waals surface area contributed by atoms with Crippen molar-refractivity contribution in [2.75, 3.05) is 31.9 Å². The predicted molar refractivity (Wildman–Crippen MR) is 102 cm³/mol. The van der Waals surface area contributed by atoms with E-state index in [0.717, 1.165) is 32.7 Å². The number of carbonyl (C=O) groups is 1. The summed E-state index contributed by atoms with van der Waals surface area (Å²) in [6, 6.07) is 8.81. The first-order valence-electron chi connectivity index (χ1n) is 8.99. The molecule has 26 heavy (non-hydrogen) atoms. The minimum atomic E-state index is 0.156. The zero-order chi connectivity index (χ0) is 18.5. The van der Waals surface area contributed by atoms with Gasteiger partial charge >= 0.3 is 0 Å². The van der Waals surface area contributed by atoms with Gasteiger partial charge in [-0.25, -0.2) is 4.68 Å². The Labute approximate surface area is 158 Å². The smallest absolute Gasteiger partial charge is 0.233 e. The molecular weight excluding hydrogens is 348 g/mol. The molecule has 8 heteroatoms. The van der Waals surface area contributed by atoms with Crippen LogP contribution in [-0.4, -0.2) is 67.8 Å². The normalized spacial score (nSPS) is 15.6. The zero-order valence-electron chi connectivity index (χ0n) is 15.6. The molecule has 2 aromatic rings. The molecule has 1 amide bonds. The highest BCUT2D eigenvalue weighted by atomic mass is 32.2. The van der Waals surface area contributed by atoms with E-state index >= 15 is 0 Å². The van der Waals surface area contributed by atoms with Crippen molar-refractivity contribution in [2.45, 2.75) is 38.5 Å². The first-order valence-corrected chi connectivity index (χ1v) is 9.98. The van der Waals surface area contributed by atoms with Gasteiger partial charge in [0, 0.05) is 32.7 Å². The minimum absolute atomic E-state index is 0.156. The van der Waals surface area contributed by atoms with Gasteiger partial charge in [0.15, 0.2) is 0 Å². The van der Waals surface area contributed by atoms with E-state index in [9.17, 15) is 4.79 Å².